The topological polar surface area (TPSA) is 44.6 Å². The van der Waals surface area contributed by atoms with Crippen LogP contribution >= 0.6 is 24.8 Å². The minimum Gasteiger partial charge on any atom is -0.342 e. The maximum Gasteiger partial charge on any atom is 0.236 e. The van der Waals surface area contributed by atoms with Crippen LogP contribution in [0.2, 0.25) is 0 Å². The predicted molar refractivity (Wildman–Crippen MR) is 99.0 cm³/mol. The van der Waals surface area contributed by atoms with Crippen molar-refractivity contribution in [3.05, 3.63) is 12.4 Å². The van der Waals surface area contributed by atoms with Crippen molar-refractivity contribution in [2.75, 3.05) is 50.7 Å². The maximum absolute atomic E-state index is 12.1. The molecular weight excluding hydrogens is 337 g/mol. The molecule has 0 spiro atoms. The minimum absolute atomic E-state index is 0. The molecule has 1 aromatic heterocycles. The molecule has 0 atom stereocenters. The van der Waals surface area contributed by atoms with Crippen LogP contribution in [0.25, 0.3) is 0 Å². The zero-order valence-corrected chi connectivity index (χ0v) is 15.9. The standard InChI is InChI=1S/C15H27N5O.2ClH/c1-4-18(5-2)14(21)13-17-9-11-20(12-10-17)15-16-7-8-19(15)6-3;;/h7-8H,4-6,9-13H2,1-3H3;2*1H. The summed E-state index contributed by atoms with van der Waals surface area (Å²) in [7, 11) is 0. The molecule has 6 nitrogen and oxygen atoms in total. The lowest BCUT2D eigenvalue weighted by Crippen LogP contribution is -2.50. The first-order chi connectivity index (χ1) is 10.2. The van der Waals surface area contributed by atoms with Crippen molar-refractivity contribution in [3.8, 4) is 0 Å². The molecule has 0 unspecified atom stereocenters. The quantitative estimate of drug-likeness (QED) is 0.769. The Morgan fingerprint density at radius 3 is 2.26 bits per heavy atom. The molecule has 0 aromatic carbocycles. The van der Waals surface area contributed by atoms with Gasteiger partial charge in [-0.05, 0) is 20.8 Å². The Morgan fingerprint density at radius 1 is 1.13 bits per heavy atom. The first kappa shape index (κ1) is 22.0. The summed E-state index contributed by atoms with van der Waals surface area (Å²) in [6, 6.07) is 0. The number of nitrogens with zero attached hydrogens (tertiary/aromatic N) is 5. The van der Waals surface area contributed by atoms with Crippen molar-refractivity contribution in [2.45, 2.75) is 27.3 Å². The number of imidazole rings is 1. The van der Waals surface area contributed by atoms with Crippen molar-refractivity contribution in [1.82, 2.24) is 19.4 Å². The van der Waals surface area contributed by atoms with Crippen LogP contribution in [0.5, 0.6) is 0 Å². The number of likely N-dealkylation sites (N-methyl/N-ethyl adjacent to an activating group) is 1. The van der Waals surface area contributed by atoms with E-state index in [1.54, 1.807) is 0 Å². The summed E-state index contributed by atoms with van der Waals surface area (Å²) in [6.07, 6.45) is 3.88. The van der Waals surface area contributed by atoms with Gasteiger partial charge in [0.05, 0.1) is 6.54 Å². The second-order valence-corrected chi connectivity index (χ2v) is 5.34. The number of halogens is 2. The highest BCUT2D eigenvalue weighted by molar-refractivity contribution is 5.85. The van der Waals surface area contributed by atoms with E-state index >= 15 is 0 Å². The van der Waals surface area contributed by atoms with Crippen LogP contribution < -0.4 is 4.90 Å². The zero-order valence-electron chi connectivity index (χ0n) is 14.3. The third-order valence-corrected chi connectivity index (χ3v) is 4.16. The summed E-state index contributed by atoms with van der Waals surface area (Å²) in [4.78, 5) is 23.0. The van der Waals surface area contributed by atoms with Crippen molar-refractivity contribution < 1.29 is 4.79 Å². The second-order valence-electron chi connectivity index (χ2n) is 5.34. The second kappa shape index (κ2) is 10.7. The molecule has 1 aliphatic rings. The van der Waals surface area contributed by atoms with Crippen LogP contribution in [0.1, 0.15) is 20.8 Å². The highest BCUT2D eigenvalue weighted by Gasteiger charge is 2.22. The average Bonchev–Trinajstić information content (AvgIpc) is 2.98. The van der Waals surface area contributed by atoms with Gasteiger partial charge in [-0.3, -0.25) is 9.69 Å². The number of amides is 1. The Morgan fingerprint density at radius 2 is 1.74 bits per heavy atom. The van der Waals surface area contributed by atoms with E-state index in [-0.39, 0.29) is 30.7 Å². The van der Waals surface area contributed by atoms with Crippen molar-refractivity contribution in [1.29, 1.82) is 0 Å². The Labute approximate surface area is 151 Å². The molecule has 1 fully saturated rings. The van der Waals surface area contributed by atoms with Crippen LogP contribution in [0.3, 0.4) is 0 Å². The third kappa shape index (κ3) is 5.55. The summed E-state index contributed by atoms with van der Waals surface area (Å²) in [5.74, 6) is 1.29. The summed E-state index contributed by atoms with van der Waals surface area (Å²) >= 11 is 0. The van der Waals surface area contributed by atoms with E-state index in [9.17, 15) is 4.79 Å². The largest absolute Gasteiger partial charge is 0.342 e. The van der Waals surface area contributed by atoms with Gasteiger partial charge in [-0.1, -0.05) is 0 Å². The first-order valence-electron chi connectivity index (χ1n) is 7.95. The van der Waals surface area contributed by atoms with Gasteiger partial charge in [0.15, 0.2) is 0 Å². The van der Waals surface area contributed by atoms with E-state index in [0.29, 0.717) is 6.54 Å². The molecule has 1 amide bonds. The van der Waals surface area contributed by atoms with Crippen LogP contribution in [0, 0.1) is 0 Å². The van der Waals surface area contributed by atoms with E-state index in [2.05, 4.69) is 26.3 Å². The molecule has 0 aliphatic carbocycles. The predicted octanol–water partition coefficient (Wildman–Crippen LogP) is 1.74. The van der Waals surface area contributed by atoms with Crippen LogP contribution in [0.15, 0.2) is 12.4 Å². The van der Waals surface area contributed by atoms with Gasteiger partial charge >= 0.3 is 0 Å². The van der Waals surface area contributed by atoms with Gasteiger partial charge in [-0.15, -0.1) is 24.8 Å². The van der Waals surface area contributed by atoms with E-state index in [1.807, 2.05) is 31.1 Å². The molecule has 1 aromatic rings. The van der Waals surface area contributed by atoms with Crippen LogP contribution in [-0.2, 0) is 11.3 Å². The van der Waals surface area contributed by atoms with Crippen molar-refractivity contribution >= 4 is 36.7 Å². The smallest absolute Gasteiger partial charge is 0.236 e. The Kier molecular flexibility index (Phi) is 10.3. The first-order valence-corrected chi connectivity index (χ1v) is 7.95. The van der Waals surface area contributed by atoms with Crippen molar-refractivity contribution in [3.63, 3.8) is 0 Å². The Hall–Kier alpha value is -0.980. The highest BCUT2D eigenvalue weighted by atomic mass is 35.5. The third-order valence-electron chi connectivity index (χ3n) is 4.16. The van der Waals surface area contributed by atoms with E-state index in [1.165, 1.54) is 0 Å². The fourth-order valence-corrected chi connectivity index (χ4v) is 2.81. The molecule has 0 saturated carbocycles. The number of hydrogen-bond donors (Lipinski definition) is 0. The molecule has 0 radical (unpaired) electrons. The number of rotatable bonds is 6. The molecule has 2 rings (SSSR count). The highest BCUT2D eigenvalue weighted by Crippen LogP contribution is 2.14. The van der Waals surface area contributed by atoms with E-state index in [4.69, 9.17) is 0 Å². The molecule has 1 saturated heterocycles. The maximum atomic E-state index is 12.1. The molecule has 2 heterocycles. The van der Waals surface area contributed by atoms with Gasteiger partial charge in [0.25, 0.3) is 0 Å². The Bertz CT molecular complexity index is 456. The van der Waals surface area contributed by atoms with Gasteiger partial charge in [0, 0.05) is 58.2 Å². The molecule has 8 heteroatoms. The fraction of sp³-hybridized carbons (Fsp3) is 0.733. The number of carbonyl (C=O) groups is 1. The number of hydrogen-bond acceptors (Lipinski definition) is 4. The Balaban J connectivity index is 0.00000242. The fourth-order valence-electron chi connectivity index (χ4n) is 2.81. The average molecular weight is 366 g/mol. The molecule has 0 N–H and O–H groups in total. The van der Waals surface area contributed by atoms with Crippen LogP contribution in [0.4, 0.5) is 5.95 Å². The summed E-state index contributed by atoms with van der Waals surface area (Å²) in [5.41, 5.74) is 0. The monoisotopic (exact) mass is 365 g/mol. The van der Waals surface area contributed by atoms with Gasteiger partial charge in [0.1, 0.15) is 0 Å². The van der Waals surface area contributed by atoms with Gasteiger partial charge in [-0.2, -0.15) is 0 Å². The number of aryl methyl sites for hydroxylation is 1. The van der Waals surface area contributed by atoms with Crippen molar-refractivity contribution in [2.24, 2.45) is 0 Å². The summed E-state index contributed by atoms with van der Waals surface area (Å²) in [6.45, 7) is 13.0. The summed E-state index contributed by atoms with van der Waals surface area (Å²) < 4.78 is 2.16. The molecule has 1 aliphatic heterocycles. The van der Waals surface area contributed by atoms with E-state index in [0.717, 1.165) is 51.8 Å². The number of piperazine rings is 1. The number of anilines is 1. The normalized spacial score (nSPS) is 14.8. The van der Waals surface area contributed by atoms with Gasteiger partial charge in [-0.25, -0.2) is 4.98 Å². The molecule has 134 valence electrons. The van der Waals surface area contributed by atoms with Gasteiger partial charge in [0.2, 0.25) is 11.9 Å². The number of carbonyl (C=O) groups excluding carboxylic acids is 1. The number of aromatic nitrogens is 2. The van der Waals surface area contributed by atoms with Gasteiger partial charge < -0.3 is 14.4 Å². The zero-order chi connectivity index (χ0) is 15.2. The lowest BCUT2D eigenvalue weighted by molar-refractivity contribution is -0.132. The SMILES string of the molecule is CCN(CC)C(=O)CN1CCN(c2nccn2CC)CC1.Cl.Cl. The van der Waals surface area contributed by atoms with Crippen LogP contribution in [-0.4, -0.2) is 71.1 Å². The van der Waals surface area contributed by atoms with E-state index < -0.39 is 0 Å². The summed E-state index contributed by atoms with van der Waals surface area (Å²) in [5, 5.41) is 0. The molecule has 23 heavy (non-hydrogen) atoms. The lowest BCUT2D eigenvalue weighted by atomic mass is 10.3. The molecule has 0 bridgehead atoms. The lowest BCUT2D eigenvalue weighted by Gasteiger charge is -2.35. The minimum atomic E-state index is 0. The molecular formula is C15H29Cl2N5O.